The zero-order chi connectivity index (χ0) is 10.8. The van der Waals surface area contributed by atoms with Gasteiger partial charge in [0.05, 0.1) is 6.61 Å². The minimum absolute atomic E-state index is 0.00755. The Morgan fingerprint density at radius 3 is 2.87 bits per heavy atom. The molecule has 2 saturated carbocycles. The number of nitrogens with one attached hydrogen (secondary N) is 1. The normalized spacial score (nSPS) is 37.7. The Hall–Kier alpha value is -1.06. The minimum Gasteiger partial charge on any atom is -0.450 e. The molecule has 0 aromatic rings. The second kappa shape index (κ2) is 4.21. The van der Waals surface area contributed by atoms with Crippen LogP contribution >= 0.6 is 0 Å². The maximum absolute atomic E-state index is 11.3. The molecule has 0 aromatic carbocycles. The summed E-state index contributed by atoms with van der Waals surface area (Å²) in [4.78, 5) is 22.2. The molecule has 0 aromatic heterocycles. The Kier molecular flexibility index (Phi) is 2.93. The molecule has 2 aliphatic carbocycles. The van der Waals surface area contributed by atoms with Crippen LogP contribution in [0.5, 0.6) is 0 Å². The molecular formula is C11H17NO3. The van der Waals surface area contributed by atoms with Crippen molar-refractivity contribution in [2.75, 3.05) is 6.61 Å². The van der Waals surface area contributed by atoms with Gasteiger partial charge in [0.1, 0.15) is 6.29 Å². The van der Waals surface area contributed by atoms with Crippen LogP contribution in [0, 0.1) is 17.8 Å². The number of ether oxygens (including phenoxy) is 1. The number of alkyl carbamates (subject to hydrolysis) is 1. The lowest BCUT2D eigenvalue weighted by atomic mass is 9.85. The van der Waals surface area contributed by atoms with Gasteiger partial charge in [0.2, 0.25) is 0 Å². The third-order valence-electron chi connectivity index (χ3n) is 3.70. The molecule has 0 radical (unpaired) electrons. The fourth-order valence-corrected chi connectivity index (χ4v) is 3.05. The van der Waals surface area contributed by atoms with Crippen LogP contribution in [0.1, 0.15) is 26.2 Å². The summed E-state index contributed by atoms with van der Waals surface area (Å²) in [6, 6.07) is 0.0142. The number of hydrogen-bond donors (Lipinski definition) is 1. The number of rotatable bonds is 3. The van der Waals surface area contributed by atoms with Crippen molar-refractivity contribution in [3.8, 4) is 0 Å². The minimum atomic E-state index is -0.387. The molecule has 2 fully saturated rings. The Bertz CT molecular complexity index is 267. The lowest BCUT2D eigenvalue weighted by Gasteiger charge is -2.27. The van der Waals surface area contributed by atoms with Gasteiger partial charge < -0.3 is 14.8 Å². The molecule has 2 aliphatic rings. The van der Waals surface area contributed by atoms with Crippen LogP contribution < -0.4 is 5.32 Å². The molecule has 84 valence electrons. The Morgan fingerprint density at radius 2 is 2.20 bits per heavy atom. The van der Waals surface area contributed by atoms with Crippen LogP contribution in [0.4, 0.5) is 4.79 Å². The molecular weight excluding hydrogens is 194 g/mol. The monoisotopic (exact) mass is 211 g/mol. The average Bonchev–Trinajstić information content (AvgIpc) is 2.78. The summed E-state index contributed by atoms with van der Waals surface area (Å²) in [6.07, 6.45) is 3.96. The van der Waals surface area contributed by atoms with Gasteiger partial charge in [-0.2, -0.15) is 0 Å². The molecule has 2 rings (SSSR count). The maximum atomic E-state index is 11.3. The van der Waals surface area contributed by atoms with E-state index in [0.717, 1.165) is 25.5 Å². The molecule has 1 N–H and O–H groups in total. The number of amides is 1. The van der Waals surface area contributed by atoms with Gasteiger partial charge in [-0.05, 0) is 38.0 Å². The summed E-state index contributed by atoms with van der Waals surface area (Å²) in [5.41, 5.74) is 0. The van der Waals surface area contributed by atoms with Gasteiger partial charge in [0.25, 0.3) is 0 Å². The van der Waals surface area contributed by atoms with Gasteiger partial charge in [0.15, 0.2) is 0 Å². The molecule has 4 heteroatoms. The van der Waals surface area contributed by atoms with Crippen LogP contribution in [0.25, 0.3) is 0 Å². The SMILES string of the molecule is CCOC(=O)N[C@H]1[C@@H]2CC[C@@H](C2)[C@@H]1C=O. The summed E-state index contributed by atoms with van der Waals surface area (Å²) in [7, 11) is 0. The molecule has 15 heavy (non-hydrogen) atoms. The van der Waals surface area contributed by atoms with Crippen molar-refractivity contribution in [3.63, 3.8) is 0 Å². The van der Waals surface area contributed by atoms with Gasteiger partial charge in [-0.3, -0.25) is 0 Å². The first-order valence-electron chi connectivity index (χ1n) is 5.64. The van der Waals surface area contributed by atoms with Crippen molar-refractivity contribution in [1.29, 1.82) is 0 Å². The number of carbonyl (C=O) groups excluding carboxylic acids is 2. The van der Waals surface area contributed by atoms with E-state index < -0.39 is 0 Å². The summed E-state index contributed by atoms with van der Waals surface area (Å²) < 4.78 is 4.84. The highest BCUT2D eigenvalue weighted by atomic mass is 16.5. The standard InChI is InChI=1S/C11H17NO3/c1-2-15-11(14)12-10-8-4-3-7(5-8)9(10)6-13/h6-10H,2-5H2,1H3,(H,12,14)/t7-,8+,9-,10-/m0/s1. The lowest BCUT2D eigenvalue weighted by molar-refractivity contribution is -0.113. The second-order valence-corrected chi connectivity index (χ2v) is 4.44. The molecule has 4 atom stereocenters. The third-order valence-corrected chi connectivity index (χ3v) is 3.70. The number of carbonyl (C=O) groups is 2. The van der Waals surface area contributed by atoms with Crippen molar-refractivity contribution in [2.24, 2.45) is 17.8 Å². The molecule has 0 saturated heterocycles. The fraction of sp³-hybridized carbons (Fsp3) is 0.818. The lowest BCUT2D eigenvalue weighted by Crippen LogP contribution is -2.44. The summed E-state index contributed by atoms with van der Waals surface area (Å²) in [5, 5.41) is 2.82. The van der Waals surface area contributed by atoms with E-state index in [2.05, 4.69) is 5.32 Å². The first kappa shape index (κ1) is 10.5. The van der Waals surface area contributed by atoms with Gasteiger partial charge >= 0.3 is 6.09 Å². The highest BCUT2D eigenvalue weighted by Crippen LogP contribution is 2.47. The first-order chi connectivity index (χ1) is 7.26. The quantitative estimate of drug-likeness (QED) is 0.717. The van der Waals surface area contributed by atoms with E-state index in [9.17, 15) is 9.59 Å². The van der Waals surface area contributed by atoms with Crippen molar-refractivity contribution in [2.45, 2.75) is 32.2 Å². The van der Waals surface area contributed by atoms with E-state index in [1.54, 1.807) is 6.92 Å². The zero-order valence-electron chi connectivity index (χ0n) is 8.94. The predicted octanol–water partition coefficient (Wildman–Crippen LogP) is 1.35. The van der Waals surface area contributed by atoms with Crippen LogP contribution in [-0.4, -0.2) is 25.0 Å². The molecule has 2 bridgehead atoms. The van der Waals surface area contributed by atoms with E-state index in [-0.39, 0.29) is 18.1 Å². The first-order valence-corrected chi connectivity index (χ1v) is 5.64. The van der Waals surface area contributed by atoms with Gasteiger partial charge in [-0.25, -0.2) is 4.79 Å². The van der Waals surface area contributed by atoms with Crippen LogP contribution in [0.2, 0.25) is 0 Å². The second-order valence-electron chi connectivity index (χ2n) is 4.44. The highest BCUT2D eigenvalue weighted by molar-refractivity contribution is 5.69. The van der Waals surface area contributed by atoms with Crippen LogP contribution in [-0.2, 0) is 9.53 Å². The highest BCUT2D eigenvalue weighted by Gasteiger charge is 2.48. The smallest absolute Gasteiger partial charge is 0.407 e. The third kappa shape index (κ3) is 1.85. The Balaban J connectivity index is 1.96. The fourth-order valence-electron chi connectivity index (χ4n) is 3.05. The van der Waals surface area contributed by atoms with E-state index in [0.29, 0.717) is 18.4 Å². The number of hydrogen-bond acceptors (Lipinski definition) is 3. The molecule has 1 amide bonds. The van der Waals surface area contributed by atoms with Crippen molar-refractivity contribution in [1.82, 2.24) is 5.32 Å². The maximum Gasteiger partial charge on any atom is 0.407 e. The van der Waals surface area contributed by atoms with Crippen molar-refractivity contribution >= 4 is 12.4 Å². The average molecular weight is 211 g/mol. The van der Waals surface area contributed by atoms with Crippen LogP contribution in [0.3, 0.4) is 0 Å². The van der Waals surface area contributed by atoms with E-state index in [1.807, 2.05) is 0 Å². The van der Waals surface area contributed by atoms with Gasteiger partial charge in [-0.1, -0.05) is 0 Å². The summed E-state index contributed by atoms with van der Waals surface area (Å²) >= 11 is 0. The molecule has 0 unspecified atom stereocenters. The van der Waals surface area contributed by atoms with Crippen molar-refractivity contribution in [3.05, 3.63) is 0 Å². The molecule has 0 spiro atoms. The Morgan fingerprint density at radius 1 is 1.47 bits per heavy atom. The van der Waals surface area contributed by atoms with Gasteiger partial charge in [0, 0.05) is 12.0 Å². The Labute approximate surface area is 89.4 Å². The van der Waals surface area contributed by atoms with E-state index in [1.165, 1.54) is 0 Å². The zero-order valence-corrected chi connectivity index (χ0v) is 8.94. The summed E-state index contributed by atoms with van der Waals surface area (Å²) in [6.45, 7) is 2.15. The van der Waals surface area contributed by atoms with Crippen molar-refractivity contribution < 1.29 is 14.3 Å². The number of fused-ring (bicyclic) bond motifs is 2. The van der Waals surface area contributed by atoms with E-state index in [4.69, 9.17) is 4.74 Å². The number of aldehydes is 1. The molecule has 4 nitrogen and oxygen atoms in total. The predicted molar refractivity (Wildman–Crippen MR) is 54.3 cm³/mol. The summed E-state index contributed by atoms with van der Waals surface area (Å²) in [5.74, 6) is 0.974. The largest absolute Gasteiger partial charge is 0.450 e. The molecule has 0 heterocycles. The topological polar surface area (TPSA) is 55.4 Å². The van der Waals surface area contributed by atoms with E-state index >= 15 is 0 Å². The van der Waals surface area contributed by atoms with Gasteiger partial charge in [-0.15, -0.1) is 0 Å². The van der Waals surface area contributed by atoms with Crippen LogP contribution in [0.15, 0.2) is 0 Å². The molecule has 0 aliphatic heterocycles.